The highest BCUT2D eigenvalue weighted by Gasteiger charge is 2.18. The van der Waals surface area contributed by atoms with E-state index in [9.17, 15) is 4.79 Å². The van der Waals surface area contributed by atoms with Gasteiger partial charge in [-0.3, -0.25) is 19.2 Å². The first-order valence-electron chi connectivity index (χ1n) is 11.8. The average molecular weight is 477 g/mol. The van der Waals surface area contributed by atoms with Gasteiger partial charge in [0.05, 0.1) is 10.7 Å². The minimum atomic E-state index is -0.101. The summed E-state index contributed by atoms with van der Waals surface area (Å²) < 4.78 is 7.45. The molecular formula is C27H29ClN4O2. The number of nitrogens with two attached hydrogens (primary N) is 1. The molecule has 2 N–H and O–H groups in total. The molecule has 34 heavy (non-hydrogen) atoms. The normalized spacial score (nSPS) is 16.7. The van der Waals surface area contributed by atoms with Crippen LogP contribution in [-0.2, 0) is 19.6 Å². The first-order valence-corrected chi connectivity index (χ1v) is 12.2. The van der Waals surface area contributed by atoms with Crippen LogP contribution in [0.5, 0.6) is 5.75 Å². The van der Waals surface area contributed by atoms with E-state index in [1.54, 1.807) is 29.1 Å². The largest absolute Gasteiger partial charge is 0.487 e. The molecule has 0 saturated carbocycles. The maximum Gasteiger partial charge on any atom is 0.258 e. The van der Waals surface area contributed by atoms with E-state index in [0.29, 0.717) is 16.8 Å². The zero-order valence-corrected chi connectivity index (χ0v) is 19.9. The molecule has 0 atom stereocenters. The van der Waals surface area contributed by atoms with Crippen molar-refractivity contribution in [2.75, 3.05) is 13.1 Å². The van der Waals surface area contributed by atoms with Crippen LogP contribution >= 0.6 is 11.6 Å². The van der Waals surface area contributed by atoms with E-state index in [4.69, 9.17) is 22.1 Å². The van der Waals surface area contributed by atoms with Gasteiger partial charge in [0, 0.05) is 36.7 Å². The number of likely N-dealkylation sites (tertiary alicyclic amines) is 1. The van der Waals surface area contributed by atoms with Crippen LogP contribution in [-0.4, -0.2) is 33.6 Å². The van der Waals surface area contributed by atoms with Crippen molar-refractivity contribution in [2.24, 2.45) is 5.73 Å². The van der Waals surface area contributed by atoms with Gasteiger partial charge in [0.1, 0.15) is 12.4 Å². The molecule has 0 radical (unpaired) electrons. The van der Waals surface area contributed by atoms with Crippen LogP contribution < -0.4 is 16.0 Å². The molecule has 3 heterocycles. The third kappa shape index (κ3) is 5.41. The Labute approximate surface area is 204 Å². The second kappa shape index (κ2) is 10.1. The van der Waals surface area contributed by atoms with Gasteiger partial charge in [-0.05, 0) is 79.7 Å². The summed E-state index contributed by atoms with van der Waals surface area (Å²) in [5.74, 6) is 0.526. The Balaban J connectivity index is 1.26. The number of nitrogens with zero attached hydrogens (tertiary/aromatic N) is 3. The van der Waals surface area contributed by atoms with E-state index in [2.05, 4.69) is 34.2 Å². The molecule has 5 rings (SSSR count). The lowest BCUT2D eigenvalue weighted by molar-refractivity contribution is 0.205. The minimum absolute atomic E-state index is 0.101. The van der Waals surface area contributed by atoms with E-state index in [-0.39, 0.29) is 12.2 Å². The van der Waals surface area contributed by atoms with E-state index >= 15 is 0 Å². The van der Waals surface area contributed by atoms with Crippen LogP contribution in [0.25, 0.3) is 11.8 Å². The fourth-order valence-electron chi connectivity index (χ4n) is 4.63. The molecule has 1 fully saturated rings. The summed E-state index contributed by atoms with van der Waals surface area (Å²) in [6.07, 6.45) is 9.40. The average Bonchev–Trinajstić information content (AvgIpc) is 2.85. The van der Waals surface area contributed by atoms with Crippen LogP contribution in [0.3, 0.4) is 0 Å². The molecule has 0 amide bonds. The van der Waals surface area contributed by atoms with Crippen LogP contribution in [0.4, 0.5) is 0 Å². The van der Waals surface area contributed by atoms with Gasteiger partial charge in [0.15, 0.2) is 0 Å². The fraction of sp³-hybridized carbons (Fsp3) is 0.333. The summed E-state index contributed by atoms with van der Waals surface area (Å²) in [6.45, 7) is 3.40. The van der Waals surface area contributed by atoms with Crippen LogP contribution in [0.15, 0.2) is 59.7 Å². The maximum atomic E-state index is 12.8. The second-order valence-corrected chi connectivity index (χ2v) is 9.55. The summed E-state index contributed by atoms with van der Waals surface area (Å²) in [5, 5.41) is 0.581. The molecule has 6 nitrogen and oxygen atoms in total. The second-order valence-electron chi connectivity index (χ2n) is 9.11. The van der Waals surface area contributed by atoms with E-state index in [1.165, 1.54) is 22.8 Å². The maximum absolute atomic E-state index is 12.8. The van der Waals surface area contributed by atoms with Crippen molar-refractivity contribution >= 4 is 23.4 Å². The van der Waals surface area contributed by atoms with Gasteiger partial charge in [-0.25, -0.2) is 0 Å². The predicted molar refractivity (Wildman–Crippen MR) is 136 cm³/mol. The minimum Gasteiger partial charge on any atom is -0.487 e. The lowest BCUT2D eigenvalue weighted by Gasteiger charge is -2.30. The highest BCUT2D eigenvalue weighted by molar-refractivity contribution is 6.30. The summed E-state index contributed by atoms with van der Waals surface area (Å²) in [5.41, 5.74) is 11.6. The Hall–Kier alpha value is -2.93. The van der Waals surface area contributed by atoms with Crippen molar-refractivity contribution < 1.29 is 4.74 Å². The summed E-state index contributed by atoms with van der Waals surface area (Å²) in [7, 11) is 0. The smallest absolute Gasteiger partial charge is 0.258 e. The van der Waals surface area contributed by atoms with Gasteiger partial charge in [-0.15, -0.1) is 0 Å². The zero-order valence-electron chi connectivity index (χ0n) is 19.1. The number of ether oxygens (including phenoxy) is 1. The standard InChI is InChI=1S/C27H29ClN4O2/c28-22-4-5-24(30-16-22)18-34-26-9-12-32(27(33)15-26)25-6-3-20-13-19(1-2-21(20)14-25)17-31-10-7-23(29)8-11-31/h1-2,4-5,9,12-16,23H,3,6-8,10-11,17-18,29H2. The quantitative estimate of drug-likeness (QED) is 0.572. The Morgan fingerprint density at radius 1 is 1.09 bits per heavy atom. The summed E-state index contributed by atoms with van der Waals surface area (Å²) >= 11 is 5.87. The number of allylic oxidation sites excluding steroid dienone is 1. The molecule has 0 spiro atoms. The topological polar surface area (TPSA) is 73.4 Å². The first kappa shape index (κ1) is 22.8. The van der Waals surface area contributed by atoms with E-state index < -0.39 is 0 Å². The number of piperidine rings is 1. The number of hydrogen-bond donors (Lipinski definition) is 1. The predicted octanol–water partition coefficient (Wildman–Crippen LogP) is 4.34. The summed E-state index contributed by atoms with van der Waals surface area (Å²) in [6, 6.07) is 14.0. The zero-order chi connectivity index (χ0) is 23.5. The highest BCUT2D eigenvalue weighted by atomic mass is 35.5. The van der Waals surface area contributed by atoms with Gasteiger partial charge in [0.25, 0.3) is 5.56 Å². The SMILES string of the molecule is NC1CCN(Cc2ccc3c(c2)CCC(n2ccc(OCc4ccc(Cl)cn4)cc2=O)=C3)CC1. The van der Waals surface area contributed by atoms with Crippen LogP contribution in [0, 0.1) is 0 Å². The van der Waals surface area contributed by atoms with Gasteiger partial charge in [0.2, 0.25) is 0 Å². The van der Waals surface area contributed by atoms with Crippen molar-refractivity contribution in [3.05, 3.63) is 92.6 Å². The number of fused-ring (bicyclic) bond motifs is 1. The van der Waals surface area contributed by atoms with Crippen molar-refractivity contribution in [2.45, 2.75) is 44.9 Å². The van der Waals surface area contributed by atoms with Crippen molar-refractivity contribution in [3.63, 3.8) is 0 Å². The fourth-order valence-corrected chi connectivity index (χ4v) is 4.74. The lowest BCUT2D eigenvalue weighted by atomic mass is 9.93. The van der Waals surface area contributed by atoms with Crippen molar-refractivity contribution in [3.8, 4) is 5.75 Å². The molecule has 0 bridgehead atoms. The number of pyridine rings is 2. The lowest BCUT2D eigenvalue weighted by Crippen LogP contribution is -2.39. The number of rotatable bonds is 6. The molecule has 0 unspecified atom stereocenters. The van der Waals surface area contributed by atoms with Gasteiger partial charge in [-0.2, -0.15) is 0 Å². The molecule has 1 saturated heterocycles. The number of aryl methyl sites for hydroxylation is 1. The van der Waals surface area contributed by atoms with Crippen LogP contribution in [0.2, 0.25) is 5.02 Å². The van der Waals surface area contributed by atoms with E-state index in [0.717, 1.165) is 56.7 Å². The molecule has 2 aromatic heterocycles. The Bertz CT molecular complexity index is 1240. The summed E-state index contributed by atoms with van der Waals surface area (Å²) in [4.78, 5) is 19.5. The molecule has 3 aromatic rings. The molecule has 1 aromatic carbocycles. The highest BCUT2D eigenvalue weighted by Crippen LogP contribution is 2.28. The number of halogens is 1. The van der Waals surface area contributed by atoms with Gasteiger partial charge < -0.3 is 10.5 Å². The van der Waals surface area contributed by atoms with Gasteiger partial charge >= 0.3 is 0 Å². The van der Waals surface area contributed by atoms with Gasteiger partial charge in [-0.1, -0.05) is 29.8 Å². The first-order chi connectivity index (χ1) is 16.5. The number of hydrogen-bond acceptors (Lipinski definition) is 5. The van der Waals surface area contributed by atoms with E-state index in [1.807, 2.05) is 6.07 Å². The molecular weight excluding hydrogens is 448 g/mol. The van der Waals surface area contributed by atoms with Crippen LogP contribution in [0.1, 0.15) is 41.6 Å². The number of benzene rings is 1. The Kier molecular flexibility index (Phi) is 6.81. The Morgan fingerprint density at radius 2 is 1.94 bits per heavy atom. The molecule has 1 aliphatic carbocycles. The third-order valence-corrected chi connectivity index (χ3v) is 6.82. The number of aromatic nitrogens is 2. The molecule has 7 heteroatoms. The Morgan fingerprint density at radius 3 is 2.71 bits per heavy atom. The van der Waals surface area contributed by atoms with Crippen molar-refractivity contribution in [1.82, 2.24) is 14.5 Å². The molecule has 1 aliphatic heterocycles. The molecule has 176 valence electrons. The monoisotopic (exact) mass is 476 g/mol. The molecule has 2 aliphatic rings. The third-order valence-electron chi connectivity index (χ3n) is 6.59. The van der Waals surface area contributed by atoms with Crippen molar-refractivity contribution in [1.29, 1.82) is 0 Å².